The Morgan fingerprint density at radius 3 is 1.54 bits per heavy atom. The molecule has 0 amide bonds. The number of hydrogen-bond donors (Lipinski definition) is 0. The molecule has 1 fully saturated rings. The molecule has 75 valence electrons. The second-order valence-corrected chi connectivity index (χ2v) is 12.3. The maximum atomic E-state index is 5.79. The predicted octanol–water partition coefficient (Wildman–Crippen LogP) is 1.12. The minimum Gasteiger partial charge on any atom is -0.415 e. The molecule has 0 bridgehead atoms. The van der Waals surface area contributed by atoms with Crippen LogP contribution in [0, 0.1) is 0 Å². The van der Waals surface area contributed by atoms with E-state index >= 15 is 0 Å². The van der Waals surface area contributed by atoms with Gasteiger partial charge in [0, 0.05) is 0 Å². The van der Waals surface area contributed by atoms with Gasteiger partial charge in [-0.2, -0.15) is 0 Å². The van der Waals surface area contributed by atoms with Crippen LogP contribution in [0.3, 0.4) is 0 Å². The van der Waals surface area contributed by atoms with Gasteiger partial charge in [-0.05, 0) is 32.7 Å². The lowest BCUT2D eigenvalue weighted by atomic mass is 11.9. The van der Waals surface area contributed by atoms with Crippen LogP contribution >= 0.6 is 0 Å². The average molecular weight is 252 g/mol. The van der Waals surface area contributed by atoms with Crippen molar-refractivity contribution in [3.8, 4) is 0 Å². The molecule has 0 saturated carbocycles. The molecule has 1 aliphatic heterocycles. The fourth-order valence-electron chi connectivity index (χ4n) is 1.18. The monoisotopic (exact) mass is 251 g/mol. The van der Waals surface area contributed by atoms with Crippen LogP contribution in [0.25, 0.3) is 0 Å². The zero-order valence-electron chi connectivity index (χ0n) is 8.63. The van der Waals surface area contributed by atoms with Gasteiger partial charge in [0.15, 0.2) is 0 Å². The van der Waals surface area contributed by atoms with Gasteiger partial charge in [0.2, 0.25) is 0 Å². The molecule has 1 aliphatic rings. The van der Waals surface area contributed by atoms with Gasteiger partial charge in [0.1, 0.15) is 0 Å². The Hall–Kier alpha value is 0.708. The predicted molar refractivity (Wildman–Crippen MR) is 56.7 cm³/mol. The van der Waals surface area contributed by atoms with Crippen LogP contribution in [0.5, 0.6) is 0 Å². The number of rotatable bonds is 0. The van der Waals surface area contributed by atoms with E-state index in [1.165, 1.54) is 0 Å². The van der Waals surface area contributed by atoms with Gasteiger partial charge < -0.3 is 16.5 Å². The lowest BCUT2D eigenvalue weighted by Gasteiger charge is -2.32. The third-order valence-corrected chi connectivity index (χ3v) is 12.2. The standard InChI is InChI=1S/C5H15O4Si4/c1-10-6-11(2)8-13(4,5)9-12(3)7-10/h1-5H3. The highest BCUT2D eigenvalue weighted by Gasteiger charge is 2.36. The SMILES string of the molecule is C[Si]1O[Si](C)O[Si](C)(C)O[Si](C)O1. The second kappa shape index (κ2) is 4.48. The van der Waals surface area contributed by atoms with E-state index in [0.717, 1.165) is 0 Å². The molecule has 0 aromatic heterocycles. The molecule has 0 unspecified atom stereocenters. The summed E-state index contributed by atoms with van der Waals surface area (Å²) in [7, 11) is -5.42. The molecule has 0 atom stereocenters. The van der Waals surface area contributed by atoms with Crippen molar-refractivity contribution in [2.24, 2.45) is 0 Å². The Balaban J connectivity index is 2.59. The highest BCUT2D eigenvalue weighted by atomic mass is 28.5. The topological polar surface area (TPSA) is 36.9 Å². The van der Waals surface area contributed by atoms with E-state index in [9.17, 15) is 0 Å². The fraction of sp³-hybridized carbons (Fsp3) is 1.00. The highest BCUT2D eigenvalue weighted by Crippen LogP contribution is 2.15. The summed E-state index contributed by atoms with van der Waals surface area (Å²) in [5.74, 6) is 0. The van der Waals surface area contributed by atoms with E-state index in [1.807, 2.05) is 32.7 Å². The summed E-state index contributed by atoms with van der Waals surface area (Å²) in [5, 5.41) is 0. The first-order valence-corrected chi connectivity index (χ1v) is 12.4. The fourth-order valence-corrected chi connectivity index (χ4v) is 12.1. The molecule has 0 N–H and O–H groups in total. The normalized spacial score (nSPS) is 28.4. The van der Waals surface area contributed by atoms with Crippen LogP contribution in [0.2, 0.25) is 32.7 Å². The Bertz CT molecular complexity index is 162. The molecule has 4 nitrogen and oxygen atoms in total. The minimum absolute atomic E-state index is 1.14. The summed E-state index contributed by atoms with van der Waals surface area (Å²) in [4.78, 5) is 0. The Kier molecular flexibility index (Phi) is 4.06. The van der Waals surface area contributed by atoms with Crippen LogP contribution < -0.4 is 0 Å². The van der Waals surface area contributed by atoms with Crippen molar-refractivity contribution >= 4 is 36.4 Å². The minimum atomic E-state index is -1.97. The van der Waals surface area contributed by atoms with Gasteiger partial charge >= 0.3 is 36.4 Å². The average Bonchev–Trinajstić information content (AvgIpc) is 1.78. The molecular formula is C5H15O4Si4. The summed E-state index contributed by atoms with van der Waals surface area (Å²) >= 11 is 0. The summed E-state index contributed by atoms with van der Waals surface area (Å²) in [6, 6.07) is 0. The molecule has 0 aromatic rings. The summed E-state index contributed by atoms with van der Waals surface area (Å²) in [6.45, 7) is 10.0. The van der Waals surface area contributed by atoms with Crippen LogP contribution in [0.15, 0.2) is 0 Å². The van der Waals surface area contributed by atoms with Crippen molar-refractivity contribution < 1.29 is 16.5 Å². The van der Waals surface area contributed by atoms with Gasteiger partial charge in [-0.1, -0.05) is 0 Å². The first-order chi connectivity index (χ1) is 5.89. The lowest BCUT2D eigenvalue weighted by Crippen LogP contribution is -2.51. The van der Waals surface area contributed by atoms with Gasteiger partial charge in [0.05, 0.1) is 0 Å². The lowest BCUT2D eigenvalue weighted by molar-refractivity contribution is 0.279. The van der Waals surface area contributed by atoms with E-state index in [-0.39, 0.29) is 0 Å². The van der Waals surface area contributed by atoms with E-state index in [4.69, 9.17) is 16.5 Å². The zero-order valence-corrected chi connectivity index (χ0v) is 12.6. The largest absolute Gasteiger partial charge is 0.415 e. The molecule has 3 radical (unpaired) electrons. The summed E-state index contributed by atoms with van der Waals surface area (Å²) in [6.07, 6.45) is 0. The second-order valence-electron chi connectivity index (χ2n) is 3.28. The summed E-state index contributed by atoms with van der Waals surface area (Å²) < 4.78 is 22.8. The van der Waals surface area contributed by atoms with Gasteiger partial charge in [-0.25, -0.2) is 0 Å². The Morgan fingerprint density at radius 1 is 0.769 bits per heavy atom. The van der Waals surface area contributed by atoms with E-state index < -0.39 is 36.4 Å². The molecule has 0 aromatic carbocycles. The van der Waals surface area contributed by atoms with Crippen LogP contribution in [0.1, 0.15) is 0 Å². The molecular weight excluding hydrogens is 236 g/mol. The van der Waals surface area contributed by atoms with Crippen molar-refractivity contribution in [1.82, 2.24) is 0 Å². The van der Waals surface area contributed by atoms with E-state index in [0.29, 0.717) is 0 Å². The molecule has 0 aliphatic carbocycles. The van der Waals surface area contributed by atoms with Crippen molar-refractivity contribution in [1.29, 1.82) is 0 Å². The van der Waals surface area contributed by atoms with Gasteiger partial charge in [-0.15, -0.1) is 0 Å². The van der Waals surface area contributed by atoms with Crippen molar-refractivity contribution in [3.05, 3.63) is 0 Å². The molecule has 1 rings (SSSR count). The Labute approximate surface area is 85.9 Å². The maximum absolute atomic E-state index is 5.79. The quantitative estimate of drug-likeness (QED) is 0.605. The smallest absolute Gasteiger partial charge is 0.362 e. The zero-order chi connectivity index (χ0) is 10.1. The molecule has 13 heavy (non-hydrogen) atoms. The van der Waals surface area contributed by atoms with Crippen molar-refractivity contribution in [2.75, 3.05) is 0 Å². The maximum Gasteiger partial charge on any atom is 0.362 e. The van der Waals surface area contributed by atoms with Gasteiger partial charge in [-0.3, -0.25) is 0 Å². The highest BCUT2D eigenvalue weighted by molar-refractivity contribution is 6.80. The van der Waals surface area contributed by atoms with Crippen LogP contribution in [0.4, 0.5) is 0 Å². The number of hydrogen-bond acceptors (Lipinski definition) is 4. The Morgan fingerprint density at radius 2 is 1.15 bits per heavy atom. The van der Waals surface area contributed by atoms with Gasteiger partial charge in [0.25, 0.3) is 0 Å². The molecule has 0 spiro atoms. The third kappa shape index (κ3) is 4.16. The first kappa shape index (κ1) is 11.8. The molecule has 1 heterocycles. The first-order valence-electron chi connectivity index (χ1n) is 4.13. The van der Waals surface area contributed by atoms with E-state index in [2.05, 4.69) is 0 Å². The third-order valence-electron chi connectivity index (χ3n) is 1.35. The summed E-state index contributed by atoms with van der Waals surface area (Å²) in [5.41, 5.74) is 0. The van der Waals surface area contributed by atoms with Crippen LogP contribution in [-0.4, -0.2) is 36.4 Å². The van der Waals surface area contributed by atoms with Crippen LogP contribution in [-0.2, 0) is 16.5 Å². The molecule has 1 saturated heterocycles. The van der Waals surface area contributed by atoms with Crippen molar-refractivity contribution in [3.63, 3.8) is 0 Å². The van der Waals surface area contributed by atoms with Crippen molar-refractivity contribution in [2.45, 2.75) is 32.7 Å². The van der Waals surface area contributed by atoms with E-state index in [1.54, 1.807) is 0 Å². The molecule has 8 heteroatoms.